The van der Waals surface area contributed by atoms with E-state index in [1.165, 1.54) is 12.8 Å². The van der Waals surface area contributed by atoms with Gasteiger partial charge < -0.3 is 24.8 Å². The van der Waals surface area contributed by atoms with Gasteiger partial charge in [-0.05, 0) is 0 Å². The van der Waals surface area contributed by atoms with Crippen molar-refractivity contribution in [3.8, 4) is 0 Å². The first-order chi connectivity index (χ1) is 12.2. The maximum Gasteiger partial charge on any atom is -1.00 e. The normalized spacial score (nSPS) is 24.3. The van der Waals surface area contributed by atoms with Gasteiger partial charge in [-0.25, -0.2) is 0 Å². The molecule has 0 N–H and O–H groups in total. The van der Waals surface area contributed by atoms with Crippen LogP contribution in [0.15, 0.2) is 59.7 Å². The number of hydrogen-bond acceptors (Lipinski definition) is 0. The Morgan fingerprint density at radius 3 is 2.04 bits per heavy atom. The molecule has 138 valence electrons. The largest absolute Gasteiger partial charge is 1.00 e. The van der Waals surface area contributed by atoms with Crippen LogP contribution in [0.3, 0.4) is 0 Å². The van der Waals surface area contributed by atoms with Crippen molar-refractivity contribution in [2.24, 2.45) is 5.92 Å². The predicted octanol–water partition coefficient (Wildman–Crippen LogP) is 0.564. The van der Waals surface area contributed by atoms with Gasteiger partial charge in [-0.15, -0.1) is 0 Å². The van der Waals surface area contributed by atoms with E-state index in [9.17, 15) is 0 Å². The first-order valence-electron chi connectivity index (χ1n) is 9.55. The van der Waals surface area contributed by atoms with Gasteiger partial charge in [0.05, 0.1) is 0 Å². The molecular weight excluding hydrogens is 450 g/mol. The van der Waals surface area contributed by atoms with Gasteiger partial charge in [0.1, 0.15) is 0 Å². The van der Waals surface area contributed by atoms with Gasteiger partial charge in [-0.2, -0.15) is 0 Å². The molecule has 0 saturated heterocycles. The second-order valence-electron chi connectivity index (χ2n) is 7.77. The third-order valence-electron chi connectivity index (χ3n) is 6.61. The van der Waals surface area contributed by atoms with Gasteiger partial charge in [-0.1, -0.05) is 0 Å². The molecule has 0 spiro atoms. The third-order valence-corrected chi connectivity index (χ3v) is 11.9. The molecule has 3 aliphatic rings. The molecule has 2 aliphatic carbocycles. The number of halogens is 2. The molecule has 0 aromatic heterocycles. The van der Waals surface area contributed by atoms with Crippen LogP contribution in [0.5, 0.6) is 0 Å². The number of fused-ring (bicyclic) bond motifs is 8. The van der Waals surface area contributed by atoms with E-state index < -0.39 is 23.2 Å². The minimum Gasteiger partial charge on any atom is -1.00 e. The molecule has 3 heteroatoms. The van der Waals surface area contributed by atoms with Crippen molar-refractivity contribution >= 4 is 11.1 Å². The molecule has 0 fully saturated rings. The summed E-state index contributed by atoms with van der Waals surface area (Å²) in [5.41, 5.74) is 13.3. The second-order valence-corrected chi connectivity index (χ2v) is 11.4. The molecule has 5 rings (SSSR count). The maximum atomic E-state index is 2.45. The first kappa shape index (κ1) is 21.1. The zero-order valence-corrected chi connectivity index (χ0v) is 20.0. The molecule has 0 radical (unpaired) electrons. The topological polar surface area (TPSA) is 0 Å². The van der Waals surface area contributed by atoms with Crippen LogP contribution < -0.4 is 24.8 Å². The van der Waals surface area contributed by atoms with Crippen LogP contribution in [-0.2, 0) is 23.2 Å². The average molecular weight is 475 g/mol. The van der Waals surface area contributed by atoms with Gasteiger partial charge in [-0.3, -0.25) is 0 Å². The number of allylic oxidation sites excluding steroid dienone is 4. The van der Waals surface area contributed by atoms with Crippen molar-refractivity contribution in [2.45, 2.75) is 40.9 Å². The molecule has 1 aliphatic heterocycles. The average Bonchev–Trinajstić information content (AvgIpc) is 3.07. The molecule has 4 bridgehead atoms. The maximum absolute atomic E-state index is 2.45. The summed E-state index contributed by atoms with van der Waals surface area (Å²) in [6, 6.07) is 18.6. The Kier molecular flexibility index (Phi) is 6.27. The monoisotopic (exact) mass is 472 g/mol. The summed E-state index contributed by atoms with van der Waals surface area (Å²) in [4.78, 5) is 0. The summed E-state index contributed by atoms with van der Waals surface area (Å²) in [5.74, 6) is 0.667. The van der Waals surface area contributed by atoms with Crippen molar-refractivity contribution in [1.29, 1.82) is 0 Å². The minimum atomic E-state index is -0.665. The fourth-order valence-electron chi connectivity index (χ4n) is 5.34. The Bertz CT molecular complexity index is 941. The van der Waals surface area contributed by atoms with Crippen LogP contribution in [0.2, 0.25) is 0 Å². The molecule has 0 saturated carbocycles. The van der Waals surface area contributed by atoms with E-state index in [-0.39, 0.29) is 24.8 Å². The quantitative estimate of drug-likeness (QED) is 0.567. The predicted molar refractivity (Wildman–Crippen MR) is 102 cm³/mol. The Morgan fingerprint density at radius 2 is 1.37 bits per heavy atom. The first-order valence-corrected chi connectivity index (χ1v) is 12.4. The number of rotatable bonds is 1. The Labute approximate surface area is 186 Å². The minimum absolute atomic E-state index is 0. The molecule has 2 aromatic carbocycles. The molecule has 2 aromatic rings. The van der Waals surface area contributed by atoms with Crippen molar-refractivity contribution in [3.05, 3.63) is 81.9 Å². The molecule has 0 nitrogen and oxygen atoms in total. The number of hydrogen-bond donors (Lipinski definition) is 0. The summed E-state index contributed by atoms with van der Waals surface area (Å²) >= 11 is -0.665. The summed E-state index contributed by atoms with van der Waals surface area (Å²) in [5, 5.41) is 0. The molecule has 3 atom stereocenters. The summed E-state index contributed by atoms with van der Waals surface area (Å²) < 4.78 is 1.52. The summed E-state index contributed by atoms with van der Waals surface area (Å²) in [7, 11) is 0. The fourth-order valence-corrected chi connectivity index (χ4v) is 10.3. The van der Waals surface area contributed by atoms with E-state index in [1.54, 1.807) is 44.5 Å². The Morgan fingerprint density at radius 1 is 0.815 bits per heavy atom. The standard InChI is InChI=1S/C24H24.2ClH.Zr/c1-4-18(24-17(3)14-20-10-6-8-12-22(20)24)15-23-16(2)13-19-9-5-7-11-21(19)23;;;/h5-14,18H,4,15H2,1-3H3;2*1H;/q;;;+2/p-2. The second kappa shape index (κ2) is 8.02. The van der Waals surface area contributed by atoms with Gasteiger partial charge in [0.2, 0.25) is 0 Å². The van der Waals surface area contributed by atoms with Gasteiger partial charge >= 0.3 is 163 Å². The van der Waals surface area contributed by atoms with Crippen LogP contribution in [0.25, 0.3) is 11.1 Å². The van der Waals surface area contributed by atoms with Gasteiger partial charge in [0, 0.05) is 0 Å². The molecule has 1 heterocycles. The van der Waals surface area contributed by atoms with E-state index in [4.69, 9.17) is 0 Å². The van der Waals surface area contributed by atoms with E-state index in [2.05, 4.69) is 69.3 Å². The van der Waals surface area contributed by atoms with Crippen LogP contribution >= 0.6 is 0 Å². The fraction of sp³-hybridized carbons (Fsp3) is 0.333. The molecule has 0 amide bonds. The van der Waals surface area contributed by atoms with Crippen molar-refractivity contribution in [1.82, 2.24) is 0 Å². The molecular formula is C24H24Cl2Zr. The van der Waals surface area contributed by atoms with Crippen molar-refractivity contribution < 1.29 is 48.0 Å². The van der Waals surface area contributed by atoms with Crippen molar-refractivity contribution in [2.75, 3.05) is 0 Å². The zero-order valence-electron chi connectivity index (χ0n) is 16.0. The molecule has 3 unspecified atom stereocenters. The van der Waals surface area contributed by atoms with Crippen molar-refractivity contribution in [3.63, 3.8) is 0 Å². The van der Waals surface area contributed by atoms with Crippen LogP contribution in [0.1, 0.15) is 63.1 Å². The van der Waals surface area contributed by atoms with Crippen LogP contribution in [-0.4, -0.2) is 0 Å². The Balaban J connectivity index is 0.00000105. The van der Waals surface area contributed by atoms with Crippen LogP contribution in [0, 0.1) is 5.92 Å². The van der Waals surface area contributed by atoms with E-state index in [0.29, 0.717) is 5.92 Å². The third kappa shape index (κ3) is 3.06. The van der Waals surface area contributed by atoms with E-state index in [1.807, 2.05) is 0 Å². The van der Waals surface area contributed by atoms with Crippen LogP contribution in [0.4, 0.5) is 0 Å². The summed E-state index contributed by atoms with van der Waals surface area (Å²) in [6.45, 7) is 7.28. The molecule has 27 heavy (non-hydrogen) atoms. The van der Waals surface area contributed by atoms with Gasteiger partial charge in [0.25, 0.3) is 0 Å². The summed E-state index contributed by atoms with van der Waals surface area (Å²) in [6.07, 6.45) is 2.46. The smallest absolute Gasteiger partial charge is 1.00 e. The zero-order chi connectivity index (χ0) is 17.1. The SMILES string of the molecule is CCC1CC2=C(C)[CH]([Zr+2][CH]3C(C)=C1c1ccccc13)c1ccccc12.[Cl-].[Cl-]. The van der Waals surface area contributed by atoms with E-state index in [0.717, 1.165) is 7.25 Å². The van der Waals surface area contributed by atoms with E-state index >= 15 is 0 Å². The Hall–Kier alpha value is -0.617. The van der Waals surface area contributed by atoms with Gasteiger partial charge in [0.15, 0.2) is 0 Å². The number of benzene rings is 2.